The van der Waals surface area contributed by atoms with Gasteiger partial charge in [0.2, 0.25) is 5.91 Å². The van der Waals surface area contributed by atoms with Crippen molar-refractivity contribution >= 4 is 23.2 Å². The van der Waals surface area contributed by atoms with Crippen LogP contribution in [0.15, 0.2) is 24.3 Å². The minimum Gasteiger partial charge on any atom is -0.508 e. The molecule has 1 aromatic carbocycles. The van der Waals surface area contributed by atoms with Crippen LogP contribution in [0.3, 0.4) is 0 Å². The van der Waals surface area contributed by atoms with Crippen LogP contribution in [0.1, 0.15) is 5.56 Å². The molecule has 78 valence electrons. The summed E-state index contributed by atoms with van der Waals surface area (Å²) in [6.45, 7) is 0. The Morgan fingerprint density at radius 3 is 2.53 bits per heavy atom. The minimum absolute atomic E-state index is 0.104. The number of carbonyl (C=O) groups is 1. The number of amides is 1. The zero-order valence-electron chi connectivity index (χ0n) is 7.86. The molecule has 1 fully saturated rings. The lowest BCUT2D eigenvalue weighted by atomic mass is 10.1. The van der Waals surface area contributed by atoms with Crippen LogP contribution in [0, 0.1) is 0 Å². The van der Waals surface area contributed by atoms with Crippen LogP contribution in [0.5, 0.6) is 5.75 Å². The highest BCUT2D eigenvalue weighted by Gasteiger charge is 2.26. The number of aromatic hydroxyl groups is 1. The SMILES string of the molecule is O=C1NC(=S)N[C@@H]1Cc1ccc(O)cc1. The lowest BCUT2D eigenvalue weighted by Gasteiger charge is -2.07. The summed E-state index contributed by atoms with van der Waals surface area (Å²) >= 11 is 4.83. The lowest BCUT2D eigenvalue weighted by molar-refractivity contribution is -0.120. The van der Waals surface area contributed by atoms with E-state index in [1.807, 2.05) is 0 Å². The van der Waals surface area contributed by atoms with Crippen molar-refractivity contribution in [2.24, 2.45) is 0 Å². The number of phenolic OH excluding ortho intramolecular Hbond substituents is 1. The smallest absolute Gasteiger partial charge is 0.249 e. The largest absolute Gasteiger partial charge is 0.508 e. The molecule has 0 aromatic heterocycles. The van der Waals surface area contributed by atoms with E-state index in [0.29, 0.717) is 11.5 Å². The van der Waals surface area contributed by atoms with Gasteiger partial charge in [-0.1, -0.05) is 12.1 Å². The van der Waals surface area contributed by atoms with Crippen LogP contribution >= 0.6 is 12.2 Å². The zero-order chi connectivity index (χ0) is 10.8. The Balaban J connectivity index is 2.06. The lowest BCUT2D eigenvalue weighted by Crippen LogP contribution is -2.30. The fourth-order valence-electron chi connectivity index (χ4n) is 1.47. The molecule has 0 aliphatic carbocycles. The Kier molecular flexibility index (Phi) is 2.55. The summed E-state index contributed by atoms with van der Waals surface area (Å²) < 4.78 is 0. The van der Waals surface area contributed by atoms with Crippen LogP contribution in [-0.2, 0) is 11.2 Å². The highest BCUT2D eigenvalue weighted by molar-refractivity contribution is 7.80. The average Bonchev–Trinajstić information content (AvgIpc) is 2.49. The minimum atomic E-state index is -0.304. The van der Waals surface area contributed by atoms with Gasteiger partial charge in [-0.3, -0.25) is 4.79 Å². The monoisotopic (exact) mass is 222 g/mol. The molecule has 1 saturated heterocycles. The second kappa shape index (κ2) is 3.86. The molecule has 1 aromatic rings. The summed E-state index contributed by atoms with van der Waals surface area (Å²) in [5.41, 5.74) is 0.977. The van der Waals surface area contributed by atoms with E-state index in [4.69, 9.17) is 17.3 Å². The molecular weight excluding hydrogens is 212 g/mol. The number of benzene rings is 1. The number of phenols is 1. The number of thiocarbonyl (C=S) groups is 1. The van der Waals surface area contributed by atoms with E-state index in [1.54, 1.807) is 24.3 Å². The van der Waals surface area contributed by atoms with Crippen molar-refractivity contribution in [1.29, 1.82) is 0 Å². The van der Waals surface area contributed by atoms with Crippen molar-refractivity contribution in [2.75, 3.05) is 0 Å². The third-order valence-corrected chi connectivity index (χ3v) is 2.45. The summed E-state index contributed by atoms with van der Waals surface area (Å²) in [7, 11) is 0. The molecule has 4 nitrogen and oxygen atoms in total. The summed E-state index contributed by atoms with van der Waals surface area (Å²) in [5, 5.41) is 14.9. The Hall–Kier alpha value is -1.62. The van der Waals surface area contributed by atoms with Crippen molar-refractivity contribution in [3.63, 3.8) is 0 Å². The topological polar surface area (TPSA) is 61.4 Å². The fourth-order valence-corrected chi connectivity index (χ4v) is 1.71. The van der Waals surface area contributed by atoms with Gasteiger partial charge in [0.1, 0.15) is 11.8 Å². The van der Waals surface area contributed by atoms with E-state index >= 15 is 0 Å². The molecule has 3 N–H and O–H groups in total. The van der Waals surface area contributed by atoms with Gasteiger partial charge in [0.25, 0.3) is 0 Å². The van der Waals surface area contributed by atoms with Gasteiger partial charge in [0.05, 0.1) is 0 Å². The molecule has 1 amide bonds. The first kappa shape index (κ1) is 9.92. The molecule has 15 heavy (non-hydrogen) atoms. The maximum atomic E-state index is 11.3. The Labute approximate surface area is 92.3 Å². The Bertz CT molecular complexity index is 402. The first-order chi connectivity index (χ1) is 7.15. The standard InChI is InChI=1S/C10H10N2O2S/c13-7-3-1-6(2-4-7)5-8-9(14)12-10(15)11-8/h1-4,8,13H,5H2,(H2,11,12,14,15)/t8-/m1/s1. The van der Waals surface area contributed by atoms with Crippen LogP contribution in [0.4, 0.5) is 0 Å². The van der Waals surface area contributed by atoms with Crippen LogP contribution in [-0.4, -0.2) is 22.2 Å². The first-order valence-electron chi connectivity index (χ1n) is 4.54. The zero-order valence-corrected chi connectivity index (χ0v) is 8.67. The van der Waals surface area contributed by atoms with Crippen molar-refractivity contribution in [2.45, 2.75) is 12.5 Å². The molecule has 0 radical (unpaired) electrons. The molecule has 1 aliphatic heterocycles. The van der Waals surface area contributed by atoms with Gasteiger partial charge in [-0.2, -0.15) is 0 Å². The summed E-state index contributed by atoms with van der Waals surface area (Å²) in [4.78, 5) is 11.3. The third-order valence-electron chi connectivity index (χ3n) is 2.23. The van der Waals surface area contributed by atoms with E-state index in [1.165, 1.54) is 0 Å². The van der Waals surface area contributed by atoms with Gasteiger partial charge < -0.3 is 15.7 Å². The molecule has 0 bridgehead atoms. The summed E-state index contributed by atoms with van der Waals surface area (Å²) in [6.07, 6.45) is 0.562. The van der Waals surface area contributed by atoms with E-state index in [0.717, 1.165) is 5.56 Å². The van der Waals surface area contributed by atoms with Crippen LogP contribution in [0.2, 0.25) is 0 Å². The third kappa shape index (κ3) is 2.24. The van der Waals surface area contributed by atoms with Gasteiger partial charge in [-0.05, 0) is 29.9 Å². The van der Waals surface area contributed by atoms with Crippen molar-refractivity contribution in [3.8, 4) is 5.75 Å². The molecular formula is C10H10N2O2S. The molecule has 2 rings (SSSR count). The van der Waals surface area contributed by atoms with Crippen molar-refractivity contribution in [1.82, 2.24) is 10.6 Å². The second-order valence-electron chi connectivity index (χ2n) is 3.39. The molecule has 0 unspecified atom stereocenters. The Morgan fingerprint density at radius 2 is 2.00 bits per heavy atom. The van der Waals surface area contributed by atoms with Gasteiger partial charge in [0, 0.05) is 6.42 Å². The van der Waals surface area contributed by atoms with Crippen LogP contribution < -0.4 is 10.6 Å². The normalized spacial score (nSPS) is 19.9. The maximum absolute atomic E-state index is 11.3. The summed E-state index contributed by atoms with van der Waals surface area (Å²) in [5.74, 6) is 0.117. The molecule has 0 saturated carbocycles. The molecule has 1 heterocycles. The van der Waals surface area contributed by atoms with Gasteiger partial charge in [0.15, 0.2) is 5.11 Å². The molecule has 1 aliphatic rings. The van der Waals surface area contributed by atoms with Gasteiger partial charge >= 0.3 is 0 Å². The van der Waals surface area contributed by atoms with Crippen molar-refractivity contribution < 1.29 is 9.90 Å². The van der Waals surface area contributed by atoms with E-state index < -0.39 is 0 Å². The first-order valence-corrected chi connectivity index (χ1v) is 4.95. The fraction of sp³-hybridized carbons (Fsp3) is 0.200. The number of hydrogen-bond donors (Lipinski definition) is 3. The predicted molar refractivity (Wildman–Crippen MR) is 59.5 cm³/mol. The second-order valence-corrected chi connectivity index (χ2v) is 3.79. The van der Waals surface area contributed by atoms with Gasteiger partial charge in [-0.15, -0.1) is 0 Å². The highest BCUT2D eigenvalue weighted by atomic mass is 32.1. The molecule has 1 atom stereocenters. The number of nitrogens with one attached hydrogen (secondary N) is 2. The summed E-state index contributed by atoms with van der Waals surface area (Å²) in [6, 6.07) is 6.46. The average molecular weight is 222 g/mol. The van der Waals surface area contributed by atoms with Gasteiger partial charge in [-0.25, -0.2) is 0 Å². The van der Waals surface area contributed by atoms with Crippen molar-refractivity contribution in [3.05, 3.63) is 29.8 Å². The predicted octanol–water partition coefficient (Wildman–Crippen LogP) is 0.308. The number of carbonyl (C=O) groups excluding carboxylic acids is 1. The quantitative estimate of drug-likeness (QED) is 0.630. The van der Waals surface area contributed by atoms with E-state index in [9.17, 15) is 4.79 Å². The molecule has 0 spiro atoms. The highest BCUT2D eigenvalue weighted by Crippen LogP contribution is 2.12. The van der Waals surface area contributed by atoms with Crippen LogP contribution in [0.25, 0.3) is 0 Å². The number of hydrogen-bond acceptors (Lipinski definition) is 3. The number of rotatable bonds is 2. The molecule has 5 heteroatoms. The maximum Gasteiger partial charge on any atom is 0.249 e. The Morgan fingerprint density at radius 1 is 1.33 bits per heavy atom. The van der Waals surface area contributed by atoms with E-state index in [-0.39, 0.29) is 17.7 Å². The van der Waals surface area contributed by atoms with E-state index in [2.05, 4.69) is 10.6 Å².